The molecule has 7 heteroatoms. The van der Waals surface area contributed by atoms with Crippen molar-refractivity contribution in [3.8, 4) is 0 Å². The lowest BCUT2D eigenvalue weighted by Gasteiger charge is -2.39. The highest BCUT2D eigenvalue weighted by Gasteiger charge is 2.30. The van der Waals surface area contributed by atoms with E-state index in [1.165, 1.54) is 4.88 Å². The molecule has 1 aliphatic heterocycles. The van der Waals surface area contributed by atoms with Gasteiger partial charge in [0.2, 0.25) is 0 Å². The molecule has 3 heterocycles. The largest absolute Gasteiger partial charge is 0.304 e. The minimum atomic E-state index is 0.281. The second kappa shape index (κ2) is 6.85. The quantitative estimate of drug-likeness (QED) is 0.840. The number of aromatic nitrogens is 4. The van der Waals surface area contributed by atoms with Crippen LogP contribution in [0.3, 0.4) is 0 Å². The van der Waals surface area contributed by atoms with Crippen molar-refractivity contribution in [2.24, 2.45) is 5.92 Å². The summed E-state index contributed by atoms with van der Waals surface area (Å²) in [5, 5.41) is 14.6. The van der Waals surface area contributed by atoms with Gasteiger partial charge in [-0.3, -0.25) is 4.90 Å². The van der Waals surface area contributed by atoms with Gasteiger partial charge >= 0.3 is 0 Å². The lowest BCUT2D eigenvalue weighted by molar-refractivity contribution is 0.0812. The molecule has 3 rings (SSSR count). The highest BCUT2D eigenvalue weighted by atomic mass is 32.1. The van der Waals surface area contributed by atoms with E-state index in [4.69, 9.17) is 0 Å². The fourth-order valence-corrected chi connectivity index (χ4v) is 3.76. The van der Waals surface area contributed by atoms with Crippen molar-refractivity contribution in [2.45, 2.75) is 26.4 Å². The standard InChI is InChI=1S/C15H24N6S/c1-12(2)14(20-8-6-19(3)7-9-20)15-16-17-18-21(15)11-13-5-4-10-22-13/h4-5,10,12,14H,6-9,11H2,1-3H3. The Labute approximate surface area is 135 Å². The molecule has 120 valence electrons. The Balaban J connectivity index is 1.81. The normalized spacial score (nSPS) is 18.9. The van der Waals surface area contributed by atoms with Gasteiger partial charge in [0.05, 0.1) is 12.6 Å². The molecular weight excluding hydrogens is 296 g/mol. The van der Waals surface area contributed by atoms with Gasteiger partial charge in [-0.25, -0.2) is 4.68 Å². The predicted molar refractivity (Wildman–Crippen MR) is 87.9 cm³/mol. The Morgan fingerprint density at radius 3 is 2.64 bits per heavy atom. The number of rotatable bonds is 5. The van der Waals surface area contributed by atoms with Crippen molar-refractivity contribution in [3.05, 3.63) is 28.2 Å². The summed E-state index contributed by atoms with van der Waals surface area (Å²) >= 11 is 1.75. The van der Waals surface area contributed by atoms with E-state index in [1.807, 2.05) is 4.68 Å². The van der Waals surface area contributed by atoms with Gasteiger partial charge in [0.15, 0.2) is 5.82 Å². The van der Waals surface area contributed by atoms with Crippen molar-refractivity contribution in [1.29, 1.82) is 0 Å². The summed E-state index contributed by atoms with van der Waals surface area (Å²) in [6, 6.07) is 4.49. The molecule has 1 saturated heterocycles. The molecule has 0 radical (unpaired) electrons. The van der Waals surface area contributed by atoms with Crippen LogP contribution in [-0.4, -0.2) is 63.2 Å². The van der Waals surface area contributed by atoms with E-state index in [2.05, 4.69) is 63.7 Å². The van der Waals surface area contributed by atoms with Crippen LogP contribution < -0.4 is 0 Å². The fourth-order valence-electron chi connectivity index (χ4n) is 3.07. The molecule has 0 N–H and O–H groups in total. The van der Waals surface area contributed by atoms with E-state index in [1.54, 1.807) is 11.3 Å². The van der Waals surface area contributed by atoms with Crippen LogP contribution in [0.25, 0.3) is 0 Å². The number of hydrogen-bond donors (Lipinski definition) is 0. The molecule has 0 bridgehead atoms. The molecule has 6 nitrogen and oxygen atoms in total. The first kappa shape index (κ1) is 15.6. The summed E-state index contributed by atoms with van der Waals surface area (Å²) in [4.78, 5) is 6.19. The van der Waals surface area contributed by atoms with Crippen LogP contribution in [0.5, 0.6) is 0 Å². The summed E-state index contributed by atoms with van der Waals surface area (Å²) in [7, 11) is 2.18. The first-order valence-corrected chi connectivity index (χ1v) is 8.74. The van der Waals surface area contributed by atoms with E-state index < -0.39 is 0 Å². The molecule has 0 amide bonds. The van der Waals surface area contributed by atoms with Crippen LogP contribution in [0.1, 0.15) is 30.6 Å². The summed E-state index contributed by atoms with van der Waals surface area (Å²) in [5.74, 6) is 1.48. The minimum absolute atomic E-state index is 0.281. The minimum Gasteiger partial charge on any atom is -0.304 e. The number of hydrogen-bond acceptors (Lipinski definition) is 6. The first-order chi connectivity index (χ1) is 10.6. The summed E-state index contributed by atoms with van der Waals surface area (Å²) in [6.45, 7) is 9.64. The Bertz CT molecular complexity index is 571. The van der Waals surface area contributed by atoms with Crippen molar-refractivity contribution >= 4 is 11.3 Å². The van der Waals surface area contributed by atoms with Gasteiger partial charge in [0.25, 0.3) is 0 Å². The summed E-state index contributed by atoms with van der Waals surface area (Å²) in [5.41, 5.74) is 0. The lowest BCUT2D eigenvalue weighted by atomic mass is 10.0. The number of likely N-dealkylation sites (N-methyl/N-ethyl adjacent to an activating group) is 1. The molecule has 1 aliphatic rings. The zero-order chi connectivity index (χ0) is 15.5. The van der Waals surface area contributed by atoms with Crippen LogP contribution >= 0.6 is 11.3 Å². The highest BCUT2D eigenvalue weighted by Crippen LogP contribution is 2.28. The van der Waals surface area contributed by atoms with E-state index in [0.717, 1.165) is 38.5 Å². The second-order valence-corrected chi connectivity index (χ2v) is 7.33. The van der Waals surface area contributed by atoms with Gasteiger partial charge in [0.1, 0.15) is 0 Å². The van der Waals surface area contributed by atoms with Crippen LogP contribution in [0.15, 0.2) is 17.5 Å². The average molecular weight is 320 g/mol. The molecule has 2 aromatic rings. The molecule has 0 aromatic carbocycles. The van der Waals surface area contributed by atoms with Crippen molar-refractivity contribution in [3.63, 3.8) is 0 Å². The number of nitrogens with zero attached hydrogens (tertiary/aromatic N) is 6. The van der Waals surface area contributed by atoms with Gasteiger partial charge in [-0.05, 0) is 34.8 Å². The maximum atomic E-state index is 4.36. The van der Waals surface area contributed by atoms with Crippen LogP contribution in [0, 0.1) is 5.92 Å². The van der Waals surface area contributed by atoms with E-state index in [9.17, 15) is 0 Å². The third kappa shape index (κ3) is 3.37. The average Bonchev–Trinajstić information content (AvgIpc) is 3.14. The third-order valence-corrected chi connectivity index (χ3v) is 5.13. The zero-order valence-corrected chi connectivity index (χ0v) is 14.3. The van der Waals surface area contributed by atoms with Crippen molar-refractivity contribution in [2.75, 3.05) is 33.2 Å². The molecule has 1 fully saturated rings. The Morgan fingerprint density at radius 1 is 1.23 bits per heavy atom. The van der Waals surface area contributed by atoms with Crippen LogP contribution in [-0.2, 0) is 6.54 Å². The highest BCUT2D eigenvalue weighted by molar-refractivity contribution is 7.09. The SMILES string of the molecule is CC(C)C(c1nnnn1Cc1cccs1)N1CCN(C)CC1. The molecule has 0 aliphatic carbocycles. The van der Waals surface area contributed by atoms with Crippen LogP contribution in [0.4, 0.5) is 0 Å². The molecule has 0 saturated carbocycles. The maximum absolute atomic E-state index is 4.36. The molecule has 22 heavy (non-hydrogen) atoms. The fraction of sp³-hybridized carbons (Fsp3) is 0.667. The smallest absolute Gasteiger partial charge is 0.169 e. The van der Waals surface area contributed by atoms with Gasteiger partial charge < -0.3 is 4.90 Å². The summed E-state index contributed by atoms with van der Waals surface area (Å²) < 4.78 is 1.97. The number of piperazine rings is 1. The van der Waals surface area contributed by atoms with Gasteiger partial charge in [-0.1, -0.05) is 19.9 Å². The first-order valence-electron chi connectivity index (χ1n) is 7.86. The third-order valence-electron chi connectivity index (χ3n) is 4.27. The topological polar surface area (TPSA) is 50.1 Å². The Hall–Kier alpha value is -1.31. The molecular formula is C15H24N6S. The second-order valence-electron chi connectivity index (χ2n) is 6.30. The lowest BCUT2D eigenvalue weighted by Crippen LogP contribution is -2.47. The summed E-state index contributed by atoms with van der Waals surface area (Å²) in [6.07, 6.45) is 0. The number of tetrazole rings is 1. The predicted octanol–water partition coefficient (Wildman–Crippen LogP) is 1.73. The van der Waals surface area contributed by atoms with Gasteiger partial charge in [0, 0.05) is 31.1 Å². The van der Waals surface area contributed by atoms with Gasteiger partial charge in [-0.2, -0.15) is 0 Å². The molecule has 2 aromatic heterocycles. The van der Waals surface area contributed by atoms with E-state index in [-0.39, 0.29) is 6.04 Å². The van der Waals surface area contributed by atoms with E-state index in [0.29, 0.717) is 5.92 Å². The molecule has 1 unspecified atom stereocenters. The number of thiophene rings is 1. The molecule has 1 atom stereocenters. The Morgan fingerprint density at radius 2 is 2.00 bits per heavy atom. The zero-order valence-electron chi connectivity index (χ0n) is 13.5. The van der Waals surface area contributed by atoms with Crippen LogP contribution in [0.2, 0.25) is 0 Å². The monoisotopic (exact) mass is 320 g/mol. The molecule has 0 spiro atoms. The van der Waals surface area contributed by atoms with E-state index >= 15 is 0 Å². The van der Waals surface area contributed by atoms with Gasteiger partial charge in [-0.15, -0.1) is 16.4 Å². The van der Waals surface area contributed by atoms with Crippen molar-refractivity contribution in [1.82, 2.24) is 30.0 Å². The maximum Gasteiger partial charge on any atom is 0.169 e. The Kier molecular flexibility index (Phi) is 4.85. The van der Waals surface area contributed by atoms with Crippen molar-refractivity contribution < 1.29 is 0 Å².